The molecule has 1 unspecified atom stereocenters. The summed E-state index contributed by atoms with van der Waals surface area (Å²) < 4.78 is 0. The van der Waals surface area contributed by atoms with Crippen LogP contribution >= 0.6 is 35.3 Å². The number of nitrogens with one attached hydrogen (secondary N) is 2. The van der Waals surface area contributed by atoms with E-state index < -0.39 is 0 Å². The Balaban J connectivity index is 1.94. The number of thioether (sulfide) groups is 3. The highest BCUT2D eigenvalue weighted by atomic mass is 32.2. The lowest BCUT2D eigenvalue weighted by Gasteiger charge is -2.21. The minimum absolute atomic E-state index is 0.641. The fraction of sp³-hybridized carbons (Fsp3) is 0.600. The van der Waals surface area contributed by atoms with Gasteiger partial charge in [-0.1, -0.05) is 11.8 Å². The standard InChI is InChI=1S/C10H17N5S3/c1-16-10-13-8(4-9(14-10)15-11)12-5-7-6-17-2-3-18-7/h4,7H,2-3,5-6,11H2,1H3,(H2,12,13,14,15). The Kier molecular flexibility index (Phi) is 5.74. The van der Waals surface area contributed by atoms with E-state index in [1.807, 2.05) is 35.8 Å². The van der Waals surface area contributed by atoms with E-state index >= 15 is 0 Å². The van der Waals surface area contributed by atoms with Crippen LogP contribution in [0.4, 0.5) is 11.6 Å². The van der Waals surface area contributed by atoms with E-state index in [0.717, 1.165) is 17.5 Å². The summed E-state index contributed by atoms with van der Waals surface area (Å²) in [6.07, 6.45) is 1.95. The van der Waals surface area contributed by atoms with Gasteiger partial charge in [0.05, 0.1) is 0 Å². The molecule has 2 heterocycles. The Labute approximate surface area is 120 Å². The van der Waals surface area contributed by atoms with Crippen LogP contribution in [0.15, 0.2) is 11.2 Å². The summed E-state index contributed by atoms with van der Waals surface area (Å²) in [6.45, 7) is 0.937. The van der Waals surface area contributed by atoms with Gasteiger partial charge in [-0.2, -0.15) is 23.5 Å². The van der Waals surface area contributed by atoms with Gasteiger partial charge in [-0.3, -0.25) is 0 Å². The van der Waals surface area contributed by atoms with Crippen LogP contribution in [0.2, 0.25) is 0 Å². The highest BCUT2D eigenvalue weighted by Crippen LogP contribution is 2.24. The Morgan fingerprint density at radius 1 is 1.44 bits per heavy atom. The van der Waals surface area contributed by atoms with E-state index in [9.17, 15) is 0 Å². The van der Waals surface area contributed by atoms with Crippen LogP contribution in [0.5, 0.6) is 0 Å². The van der Waals surface area contributed by atoms with Crippen molar-refractivity contribution < 1.29 is 0 Å². The number of anilines is 2. The SMILES string of the molecule is CSc1nc(NN)cc(NCC2CSCCS2)n1. The third-order valence-corrected chi connectivity index (χ3v) is 5.82. The fourth-order valence-electron chi connectivity index (χ4n) is 1.55. The van der Waals surface area contributed by atoms with Gasteiger partial charge in [-0.25, -0.2) is 15.8 Å². The van der Waals surface area contributed by atoms with Crippen molar-refractivity contribution in [3.63, 3.8) is 0 Å². The second-order valence-electron chi connectivity index (χ2n) is 3.72. The Morgan fingerprint density at radius 2 is 2.28 bits per heavy atom. The lowest BCUT2D eigenvalue weighted by atomic mass is 10.4. The van der Waals surface area contributed by atoms with E-state index in [0.29, 0.717) is 11.1 Å². The van der Waals surface area contributed by atoms with Crippen LogP contribution in [0, 0.1) is 0 Å². The largest absolute Gasteiger partial charge is 0.369 e. The average molecular weight is 303 g/mol. The molecule has 0 bridgehead atoms. The number of nitrogen functional groups attached to an aromatic ring is 1. The summed E-state index contributed by atoms with van der Waals surface area (Å²) in [5.74, 6) is 10.6. The molecule has 0 saturated carbocycles. The van der Waals surface area contributed by atoms with E-state index in [4.69, 9.17) is 5.84 Å². The van der Waals surface area contributed by atoms with Crippen molar-refractivity contribution in [1.29, 1.82) is 0 Å². The van der Waals surface area contributed by atoms with E-state index in [1.54, 1.807) is 0 Å². The molecule has 2 rings (SSSR count). The Morgan fingerprint density at radius 3 is 2.94 bits per heavy atom. The maximum atomic E-state index is 5.40. The molecule has 0 aromatic carbocycles. The van der Waals surface area contributed by atoms with E-state index in [2.05, 4.69) is 20.7 Å². The van der Waals surface area contributed by atoms with Gasteiger partial charge in [0.2, 0.25) is 0 Å². The van der Waals surface area contributed by atoms with Gasteiger partial charge >= 0.3 is 0 Å². The van der Waals surface area contributed by atoms with Gasteiger partial charge in [0.1, 0.15) is 11.6 Å². The summed E-state index contributed by atoms with van der Waals surface area (Å²) >= 11 is 5.56. The van der Waals surface area contributed by atoms with Crippen molar-refractivity contribution in [2.75, 3.05) is 40.8 Å². The summed E-state index contributed by atoms with van der Waals surface area (Å²) in [7, 11) is 0. The molecule has 0 spiro atoms. The molecular weight excluding hydrogens is 286 g/mol. The molecule has 1 aromatic heterocycles. The predicted octanol–water partition coefficient (Wildman–Crippen LogP) is 1.74. The lowest BCUT2D eigenvalue weighted by Crippen LogP contribution is -2.23. The summed E-state index contributed by atoms with van der Waals surface area (Å²) in [5, 5.41) is 4.75. The number of nitrogens with zero attached hydrogens (tertiary/aromatic N) is 2. The average Bonchev–Trinajstić information content (AvgIpc) is 2.45. The molecular formula is C10H17N5S3. The number of aromatic nitrogens is 2. The molecule has 1 saturated heterocycles. The quantitative estimate of drug-likeness (QED) is 0.329. The third kappa shape index (κ3) is 4.11. The minimum atomic E-state index is 0.641. The van der Waals surface area contributed by atoms with Crippen LogP contribution in [-0.4, -0.2) is 45.3 Å². The number of hydrazine groups is 1. The van der Waals surface area contributed by atoms with Gasteiger partial charge in [0.15, 0.2) is 5.16 Å². The van der Waals surface area contributed by atoms with Crippen LogP contribution < -0.4 is 16.6 Å². The second kappa shape index (κ2) is 7.32. The molecule has 0 aliphatic carbocycles. The van der Waals surface area contributed by atoms with Crippen LogP contribution in [0.3, 0.4) is 0 Å². The van der Waals surface area contributed by atoms with Gasteiger partial charge in [0, 0.05) is 35.1 Å². The molecule has 1 aliphatic heterocycles. The van der Waals surface area contributed by atoms with Crippen molar-refractivity contribution in [3.8, 4) is 0 Å². The maximum Gasteiger partial charge on any atom is 0.191 e. The van der Waals surface area contributed by atoms with Crippen LogP contribution in [-0.2, 0) is 0 Å². The summed E-state index contributed by atoms with van der Waals surface area (Å²) in [4.78, 5) is 8.64. The molecule has 1 aliphatic rings. The first-order valence-electron chi connectivity index (χ1n) is 5.64. The van der Waals surface area contributed by atoms with E-state index in [1.165, 1.54) is 29.0 Å². The molecule has 0 radical (unpaired) electrons. The number of hydrogen-bond donors (Lipinski definition) is 3. The zero-order valence-corrected chi connectivity index (χ0v) is 12.6. The molecule has 4 N–H and O–H groups in total. The maximum absolute atomic E-state index is 5.40. The predicted molar refractivity (Wildman–Crippen MR) is 83.7 cm³/mol. The minimum Gasteiger partial charge on any atom is -0.369 e. The first-order valence-corrected chi connectivity index (χ1v) is 9.07. The number of nitrogens with two attached hydrogens (primary N) is 1. The van der Waals surface area contributed by atoms with Gasteiger partial charge in [-0.15, -0.1) is 0 Å². The van der Waals surface area contributed by atoms with Gasteiger partial charge in [0.25, 0.3) is 0 Å². The first kappa shape index (κ1) is 14.1. The third-order valence-electron chi connectivity index (χ3n) is 2.43. The van der Waals surface area contributed by atoms with Crippen molar-refractivity contribution >= 4 is 46.9 Å². The molecule has 100 valence electrons. The molecule has 8 heteroatoms. The topological polar surface area (TPSA) is 75.9 Å². The molecule has 1 aromatic rings. The zero-order valence-electron chi connectivity index (χ0n) is 10.2. The smallest absolute Gasteiger partial charge is 0.191 e. The zero-order chi connectivity index (χ0) is 12.8. The van der Waals surface area contributed by atoms with Gasteiger partial charge < -0.3 is 10.7 Å². The number of rotatable bonds is 5. The molecule has 18 heavy (non-hydrogen) atoms. The highest BCUT2D eigenvalue weighted by molar-refractivity contribution is 8.06. The fourth-order valence-corrected chi connectivity index (χ4v) is 4.54. The van der Waals surface area contributed by atoms with Crippen molar-refractivity contribution in [3.05, 3.63) is 6.07 Å². The molecule has 0 amide bonds. The van der Waals surface area contributed by atoms with Crippen molar-refractivity contribution in [2.45, 2.75) is 10.4 Å². The highest BCUT2D eigenvalue weighted by Gasteiger charge is 2.14. The molecule has 1 atom stereocenters. The Bertz CT molecular complexity index is 362. The second-order valence-corrected chi connectivity index (χ2v) is 7.05. The molecule has 5 nitrogen and oxygen atoms in total. The lowest BCUT2D eigenvalue weighted by molar-refractivity contribution is 0.935. The van der Waals surface area contributed by atoms with Gasteiger partial charge in [-0.05, 0) is 6.26 Å². The van der Waals surface area contributed by atoms with Crippen LogP contribution in [0.1, 0.15) is 0 Å². The van der Waals surface area contributed by atoms with E-state index in [-0.39, 0.29) is 0 Å². The molecule has 1 fully saturated rings. The first-order chi connectivity index (χ1) is 8.81. The number of hydrogen-bond acceptors (Lipinski definition) is 8. The van der Waals surface area contributed by atoms with Crippen molar-refractivity contribution in [2.24, 2.45) is 5.84 Å². The summed E-state index contributed by atoms with van der Waals surface area (Å²) in [5.41, 5.74) is 2.57. The van der Waals surface area contributed by atoms with Crippen molar-refractivity contribution in [1.82, 2.24) is 9.97 Å². The summed E-state index contributed by atoms with van der Waals surface area (Å²) in [6, 6.07) is 1.83. The Hall–Kier alpha value is -0.310. The normalized spacial score (nSPS) is 19.6. The van der Waals surface area contributed by atoms with Crippen LogP contribution in [0.25, 0.3) is 0 Å². The monoisotopic (exact) mass is 303 g/mol.